The number of hydrogen-bond acceptors (Lipinski definition) is 7. The molecule has 11 heteroatoms. The van der Waals surface area contributed by atoms with Gasteiger partial charge in [-0.2, -0.15) is 9.29 Å². The van der Waals surface area contributed by atoms with Crippen molar-refractivity contribution >= 4 is 31.6 Å². The number of non-ortho nitro benzene ring substituents is 1. The van der Waals surface area contributed by atoms with Crippen LogP contribution in [0.5, 0.6) is 0 Å². The molecule has 29 heavy (non-hydrogen) atoms. The van der Waals surface area contributed by atoms with Crippen molar-refractivity contribution in [3.63, 3.8) is 0 Å². The SMILES string of the molecule is O=[N+]([O-])c1ccc(S(=O)(=O)N2CCCC2c2nc(-c3ccc(Br)cc3)no2)cc1. The van der Waals surface area contributed by atoms with Gasteiger partial charge in [-0.05, 0) is 49.2 Å². The number of benzene rings is 2. The van der Waals surface area contributed by atoms with E-state index in [2.05, 4.69) is 26.1 Å². The molecule has 1 aromatic heterocycles. The van der Waals surface area contributed by atoms with Gasteiger partial charge in [-0.25, -0.2) is 8.42 Å². The molecular weight excluding hydrogens is 464 g/mol. The lowest BCUT2D eigenvalue weighted by Gasteiger charge is -2.21. The van der Waals surface area contributed by atoms with Crippen molar-refractivity contribution in [3.8, 4) is 11.4 Å². The second-order valence-electron chi connectivity index (χ2n) is 6.49. The van der Waals surface area contributed by atoms with Crippen LogP contribution in [0.1, 0.15) is 24.8 Å². The lowest BCUT2D eigenvalue weighted by molar-refractivity contribution is -0.384. The highest BCUT2D eigenvalue weighted by atomic mass is 79.9. The molecule has 1 aliphatic heterocycles. The molecule has 0 spiro atoms. The van der Waals surface area contributed by atoms with E-state index < -0.39 is 21.0 Å². The highest BCUT2D eigenvalue weighted by molar-refractivity contribution is 9.10. The second kappa shape index (κ2) is 7.65. The summed E-state index contributed by atoms with van der Waals surface area (Å²) in [6, 6.07) is 11.6. The summed E-state index contributed by atoms with van der Waals surface area (Å²) in [6.07, 6.45) is 1.20. The summed E-state index contributed by atoms with van der Waals surface area (Å²) in [5.74, 6) is 0.609. The van der Waals surface area contributed by atoms with Crippen molar-refractivity contribution in [2.45, 2.75) is 23.8 Å². The Hall–Kier alpha value is -2.63. The Morgan fingerprint density at radius 3 is 2.48 bits per heavy atom. The van der Waals surface area contributed by atoms with E-state index in [1.165, 1.54) is 28.6 Å². The third-order valence-corrected chi connectivity index (χ3v) is 7.14. The molecule has 0 N–H and O–H groups in total. The Morgan fingerprint density at radius 2 is 1.83 bits per heavy atom. The molecule has 1 atom stereocenters. The molecule has 0 bridgehead atoms. The summed E-state index contributed by atoms with van der Waals surface area (Å²) in [4.78, 5) is 14.6. The van der Waals surface area contributed by atoms with Crippen molar-refractivity contribution in [2.75, 3.05) is 6.54 Å². The number of aromatic nitrogens is 2. The van der Waals surface area contributed by atoms with Gasteiger partial charge in [0.1, 0.15) is 6.04 Å². The topological polar surface area (TPSA) is 119 Å². The molecule has 2 aromatic carbocycles. The molecule has 2 heterocycles. The minimum absolute atomic E-state index is 0.0114. The molecule has 0 saturated carbocycles. The van der Waals surface area contributed by atoms with E-state index in [0.717, 1.165) is 10.0 Å². The lowest BCUT2D eigenvalue weighted by Crippen LogP contribution is -2.30. The highest BCUT2D eigenvalue weighted by Crippen LogP contribution is 2.36. The van der Waals surface area contributed by atoms with Gasteiger partial charge in [-0.1, -0.05) is 21.1 Å². The van der Waals surface area contributed by atoms with Crippen LogP contribution in [-0.2, 0) is 10.0 Å². The number of nitro groups is 1. The smallest absolute Gasteiger partial charge is 0.269 e. The Balaban J connectivity index is 1.62. The van der Waals surface area contributed by atoms with Gasteiger partial charge in [0, 0.05) is 28.7 Å². The minimum Gasteiger partial charge on any atom is -0.337 e. The molecule has 3 aromatic rings. The molecule has 4 rings (SSSR count). The van der Waals surface area contributed by atoms with Gasteiger partial charge in [0.15, 0.2) is 0 Å². The Labute approximate surface area is 174 Å². The maximum absolute atomic E-state index is 13.1. The normalized spacial score (nSPS) is 17.5. The molecule has 150 valence electrons. The van der Waals surface area contributed by atoms with Crippen molar-refractivity contribution in [3.05, 3.63) is 69.0 Å². The van der Waals surface area contributed by atoms with E-state index in [0.29, 0.717) is 25.2 Å². The maximum atomic E-state index is 13.1. The fraction of sp³-hybridized carbons (Fsp3) is 0.222. The molecule has 0 radical (unpaired) electrons. The largest absolute Gasteiger partial charge is 0.337 e. The van der Waals surface area contributed by atoms with Gasteiger partial charge in [-0.15, -0.1) is 0 Å². The number of nitro benzene ring substituents is 1. The number of nitrogens with zero attached hydrogens (tertiary/aromatic N) is 4. The first-order valence-corrected chi connectivity index (χ1v) is 11.0. The minimum atomic E-state index is -3.86. The Bertz CT molecular complexity index is 1150. The van der Waals surface area contributed by atoms with Crippen LogP contribution in [0.2, 0.25) is 0 Å². The summed E-state index contributed by atoms with van der Waals surface area (Å²) in [6.45, 7) is 0.306. The molecule has 1 saturated heterocycles. The van der Waals surface area contributed by atoms with E-state index >= 15 is 0 Å². The van der Waals surface area contributed by atoms with Crippen molar-refractivity contribution < 1.29 is 17.9 Å². The number of halogens is 1. The van der Waals surface area contributed by atoms with Crippen molar-refractivity contribution in [2.24, 2.45) is 0 Å². The molecule has 0 amide bonds. The number of sulfonamides is 1. The van der Waals surface area contributed by atoms with Crippen LogP contribution in [0.3, 0.4) is 0 Å². The molecule has 0 aliphatic carbocycles. The fourth-order valence-corrected chi connectivity index (χ4v) is 5.15. The first-order valence-electron chi connectivity index (χ1n) is 8.72. The summed E-state index contributed by atoms with van der Waals surface area (Å²) >= 11 is 3.37. The zero-order valence-electron chi connectivity index (χ0n) is 14.9. The number of hydrogen-bond donors (Lipinski definition) is 0. The maximum Gasteiger partial charge on any atom is 0.269 e. The molecule has 1 unspecified atom stereocenters. The highest BCUT2D eigenvalue weighted by Gasteiger charge is 2.39. The predicted molar refractivity (Wildman–Crippen MR) is 106 cm³/mol. The Morgan fingerprint density at radius 1 is 1.14 bits per heavy atom. The van der Waals surface area contributed by atoms with Crippen LogP contribution in [0.4, 0.5) is 5.69 Å². The third kappa shape index (κ3) is 3.80. The summed E-state index contributed by atoms with van der Waals surface area (Å²) < 4.78 is 33.8. The lowest BCUT2D eigenvalue weighted by atomic mass is 10.2. The molecule has 1 fully saturated rings. The second-order valence-corrected chi connectivity index (χ2v) is 9.29. The molecular formula is C18H15BrN4O5S. The average Bonchev–Trinajstić information content (AvgIpc) is 3.38. The van der Waals surface area contributed by atoms with Crippen LogP contribution in [-0.4, -0.2) is 34.3 Å². The van der Waals surface area contributed by atoms with Crippen LogP contribution in [0, 0.1) is 10.1 Å². The van der Waals surface area contributed by atoms with Gasteiger partial charge >= 0.3 is 0 Å². The molecule has 9 nitrogen and oxygen atoms in total. The third-order valence-electron chi connectivity index (χ3n) is 4.69. The van der Waals surface area contributed by atoms with Crippen LogP contribution < -0.4 is 0 Å². The van der Waals surface area contributed by atoms with Crippen LogP contribution in [0.25, 0.3) is 11.4 Å². The quantitative estimate of drug-likeness (QED) is 0.402. The van der Waals surface area contributed by atoms with Gasteiger partial charge in [0.05, 0.1) is 9.82 Å². The summed E-state index contributed by atoms with van der Waals surface area (Å²) in [7, 11) is -3.86. The summed E-state index contributed by atoms with van der Waals surface area (Å²) in [5, 5.41) is 14.8. The van der Waals surface area contributed by atoms with E-state index in [9.17, 15) is 18.5 Å². The zero-order chi connectivity index (χ0) is 20.6. The average molecular weight is 479 g/mol. The standard InChI is InChI=1S/C18H15BrN4O5S/c19-13-5-3-12(4-6-13)17-20-18(28-21-17)16-2-1-11-22(16)29(26,27)15-9-7-14(8-10-15)23(24)25/h3-10,16H,1-2,11H2. The first kappa shape index (κ1) is 19.7. The fourth-order valence-electron chi connectivity index (χ4n) is 3.24. The van der Waals surface area contributed by atoms with Gasteiger partial charge in [0.25, 0.3) is 5.69 Å². The van der Waals surface area contributed by atoms with Crippen LogP contribution >= 0.6 is 15.9 Å². The van der Waals surface area contributed by atoms with E-state index in [4.69, 9.17) is 4.52 Å². The first-order chi connectivity index (χ1) is 13.9. The van der Waals surface area contributed by atoms with Gasteiger partial charge in [-0.3, -0.25) is 10.1 Å². The summed E-state index contributed by atoms with van der Waals surface area (Å²) in [5.41, 5.74) is 0.587. The van der Waals surface area contributed by atoms with E-state index in [-0.39, 0.29) is 16.5 Å². The molecule has 1 aliphatic rings. The van der Waals surface area contributed by atoms with Crippen molar-refractivity contribution in [1.29, 1.82) is 0 Å². The predicted octanol–water partition coefficient (Wildman–Crippen LogP) is 3.93. The monoisotopic (exact) mass is 478 g/mol. The van der Waals surface area contributed by atoms with Crippen LogP contribution in [0.15, 0.2) is 62.4 Å². The van der Waals surface area contributed by atoms with Crippen molar-refractivity contribution in [1.82, 2.24) is 14.4 Å². The van der Waals surface area contributed by atoms with E-state index in [1.54, 1.807) is 0 Å². The zero-order valence-corrected chi connectivity index (χ0v) is 17.3. The van der Waals surface area contributed by atoms with Gasteiger partial charge in [0.2, 0.25) is 21.7 Å². The number of rotatable bonds is 5. The van der Waals surface area contributed by atoms with Gasteiger partial charge < -0.3 is 4.52 Å². The Kier molecular flexibility index (Phi) is 5.19. The van der Waals surface area contributed by atoms with E-state index in [1.807, 2.05) is 24.3 Å².